The Hall–Kier alpha value is -3.15. The summed E-state index contributed by atoms with van der Waals surface area (Å²) in [6, 6.07) is 11.3. The molecule has 1 atom stereocenters. The molecule has 0 spiro atoms. The second-order valence-electron chi connectivity index (χ2n) is 5.84. The molecule has 0 heterocycles. The molecule has 1 unspecified atom stereocenters. The molecule has 0 saturated carbocycles. The van der Waals surface area contributed by atoms with E-state index in [0.717, 1.165) is 16.7 Å². The number of nitro benzene ring substituents is 1. The zero-order valence-electron chi connectivity index (χ0n) is 14.4. The zero-order valence-corrected chi connectivity index (χ0v) is 14.4. The highest BCUT2D eigenvalue weighted by Crippen LogP contribution is 2.22. The summed E-state index contributed by atoms with van der Waals surface area (Å²) in [4.78, 5) is 22.5. The zero-order chi connectivity index (χ0) is 18.6. The first-order chi connectivity index (χ1) is 11.8. The minimum atomic E-state index is -0.466. The van der Waals surface area contributed by atoms with E-state index >= 15 is 0 Å². The van der Waals surface area contributed by atoms with Crippen LogP contribution in [0, 0.1) is 24.0 Å². The van der Waals surface area contributed by atoms with Gasteiger partial charge in [-0.25, -0.2) is 0 Å². The Kier molecular flexibility index (Phi) is 5.54. The van der Waals surface area contributed by atoms with Gasteiger partial charge in [0.05, 0.1) is 11.0 Å². The SMILES string of the molecule is C=C(Oc1ccc(C)cc1C)C(=O)NC(C)c1ccc([N+](=O)[O-])cc1. The maximum Gasteiger partial charge on any atom is 0.286 e. The van der Waals surface area contributed by atoms with E-state index in [9.17, 15) is 14.9 Å². The molecular formula is C19H20N2O4. The van der Waals surface area contributed by atoms with Crippen molar-refractivity contribution in [1.82, 2.24) is 5.32 Å². The summed E-state index contributed by atoms with van der Waals surface area (Å²) in [6.07, 6.45) is 0. The van der Waals surface area contributed by atoms with Gasteiger partial charge in [-0.15, -0.1) is 0 Å². The molecule has 0 saturated heterocycles. The van der Waals surface area contributed by atoms with Crippen LogP contribution in [0.2, 0.25) is 0 Å². The van der Waals surface area contributed by atoms with Gasteiger partial charge in [-0.3, -0.25) is 14.9 Å². The summed E-state index contributed by atoms with van der Waals surface area (Å²) in [5.74, 6) is 0.125. The molecule has 0 aliphatic heterocycles. The second-order valence-corrected chi connectivity index (χ2v) is 5.84. The Bertz CT molecular complexity index is 813. The second kappa shape index (κ2) is 7.61. The van der Waals surface area contributed by atoms with E-state index in [2.05, 4.69) is 11.9 Å². The number of rotatable bonds is 6. The van der Waals surface area contributed by atoms with Crippen LogP contribution >= 0.6 is 0 Å². The van der Waals surface area contributed by atoms with Crippen LogP contribution in [0.5, 0.6) is 5.75 Å². The number of nitrogens with zero attached hydrogens (tertiary/aromatic N) is 1. The number of ether oxygens (including phenoxy) is 1. The van der Waals surface area contributed by atoms with Crippen LogP contribution in [0.25, 0.3) is 0 Å². The third-order valence-electron chi connectivity index (χ3n) is 3.77. The first-order valence-electron chi connectivity index (χ1n) is 7.77. The minimum Gasteiger partial charge on any atom is -0.452 e. The molecule has 0 fully saturated rings. The number of nitro groups is 1. The number of benzene rings is 2. The van der Waals surface area contributed by atoms with Crippen molar-refractivity contribution in [3.63, 3.8) is 0 Å². The van der Waals surface area contributed by atoms with Crippen LogP contribution in [0.3, 0.4) is 0 Å². The van der Waals surface area contributed by atoms with Crippen molar-refractivity contribution in [2.75, 3.05) is 0 Å². The summed E-state index contributed by atoms with van der Waals surface area (Å²) in [6.45, 7) is 9.33. The highest BCUT2D eigenvalue weighted by atomic mass is 16.6. The number of carbonyl (C=O) groups excluding carboxylic acids is 1. The van der Waals surface area contributed by atoms with E-state index in [1.807, 2.05) is 26.0 Å². The Labute approximate surface area is 146 Å². The fraction of sp³-hybridized carbons (Fsp3) is 0.211. The number of hydrogen-bond donors (Lipinski definition) is 1. The maximum absolute atomic E-state index is 12.2. The van der Waals surface area contributed by atoms with Crippen LogP contribution < -0.4 is 10.1 Å². The van der Waals surface area contributed by atoms with Gasteiger partial charge in [0, 0.05) is 12.1 Å². The maximum atomic E-state index is 12.2. The lowest BCUT2D eigenvalue weighted by Crippen LogP contribution is -2.29. The summed E-state index contributed by atoms with van der Waals surface area (Å²) >= 11 is 0. The van der Waals surface area contributed by atoms with Gasteiger partial charge < -0.3 is 10.1 Å². The molecule has 0 aliphatic carbocycles. The van der Waals surface area contributed by atoms with Crippen LogP contribution in [0.15, 0.2) is 54.8 Å². The summed E-state index contributed by atoms with van der Waals surface area (Å²) < 4.78 is 5.55. The predicted octanol–water partition coefficient (Wildman–Crippen LogP) is 3.98. The van der Waals surface area contributed by atoms with Crippen molar-refractivity contribution >= 4 is 11.6 Å². The Morgan fingerprint density at radius 2 is 1.84 bits per heavy atom. The highest BCUT2D eigenvalue weighted by molar-refractivity contribution is 5.91. The monoisotopic (exact) mass is 340 g/mol. The lowest BCUT2D eigenvalue weighted by molar-refractivity contribution is -0.384. The fourth-order valence-electron chi connectivity index (χ4n) is 2.34. The molecule has 0 aromatic heterocycles. The number of amides is 1. The van der Waals surface area contributed by atoms with Gasteiger partial charge in [0.1, 0.15) is 5.75 Å². The quantitative estimate of drug-likeness (QED) is 0.373. The fourth-order valence-corrected chi connectivity index (χ4v) is 2.34. The van der Waals surface area contributed by atoms with E-state index in [1.165, 1.54) is 12.1 Å². The van der Waals surface area contributed by atoms with E-state index in [1.54, 1.807) is 25.1 Å². The average Bonchev–Trinajstić information content (AvgIpc) is 2.57. The first-order valence-corrected chi connectivity index (χ1v) is 7.77. The minimum absolute atomic E-state index is 0.00451. The number of non-ortho nitro benzene ring substituents is 1. The van der Waals surface area contributed by atoms with Crippen molar-refractivity contribution in [3.8, 4) is 5.75 Å². The molecule has 0 bridgehead atoms. The molecule has 25 heavy (non-hydrogen) atoms. The van der Waals surface area contributed by atoms with Crippen molar-refractivity contribution in [2.24, 2.45) is 0 Å². The Morgan fingerprint density at radius 1 is 1.20 bits per heavy atom. The van der Waals surface area contributed by atoms with Crippen LogP contribution in [0.1, 0.15) is 29.7 Å². The Balaban J connectivity index is 2.00. The van der Waals surface area contributed by atoms with Gasteiger partial charge in [0.15, 0.2) is 5.76 Å². The molecule has 2 aromatic rings. The van der Waals surface area contributed by atoms with Gasteiger partial charge in [-0.1, -0.05) is 36.4 Å². The molecule has 1 amide bonds. The van der Waals surface area contributed by atoms with E-state index in [4.69, 9.17) is 4.74 Å². The molecule has 2 rings (SSSR count). The first kappa shape index (κ1) is 18.2. The van der Waals surface area contributed by atoms with Gasteiger partial charge in [0.2, 0.25) is 0 Å². The number of nitrogens with one attached hydrogen (secondary N) is 1. The van der Waals surface area contributed by atoms with Gasteiger partial charge >= 0.3 is 0 Å². The van der Waals surface area contributed by atoms with Crippen LogP contribution in [-0.4, -0.2) is 10.8 Å². The summed E-state index contributed by atoms with van der Waals surface area (Å²) in [7, 11) is 0. The normalized spacial score (nSPS) is 11.5. The third kappa shape index (κ3) is 4.67. The molecule has 130 valence electrons. The van der Waals surface area contributed by atoms with E-state index in [0.29, 0.717) is 5.75 Å². The lowest BCUT2D eigenvalue weighted by atomic mass is 10.1. The van der Waals surface area contributed by atoms with Gasteiger partial charge in [0.25, 0.3) is 11.6 Å². The average molecular weight is 340 g/mol. The highest BCUT2D eigenvalue weighted by Gasteiger charge is 2.16. The van der Waals surface area contributed by atoms with Crippen LogP contribution in [-0.2, 0) is 4.79 Å². The molecule has 2 aromatic carbocycles. The predicted molar refractivity (Wildman–Crippen MR) is 95.3 cm³/mol. The van der Waals surface area contributed by atoms with Gasteiger partial charge in [-0.05, 0) is 38.0 Å². The van der Waals surface area contributed by atoms with Crippen molar-refractivity contribution in [2.45, 2.75) is 26.8 Å². The molecule has 1 N–H and O–H groups in total. The third-order valence-corrected chi connectivity index (χ3v) is 3.77. The van der Waals surface area contributed by atoms with Gasteiger partial charge in [-0.2, -0.15) is 0 Å². The van der Waals surface area contributed by atoms with Crippen molar-refractivity contribution < 1.29 is 14.5 Å². The largest absolute Gasteiger partial charge is 0.452 e. The topological polar surface area (TPSA) is 81.5 Å². The van der Waals surface area contributed by atoms with E-state index < -0.39 is 10.8 Å². The molecule has 6 nitrogen and oxygen atoms in total. The molecule has 0 radical (unpaired) electrons. The standard InChI is InChI=1S/C19H20N2O4/c1-12-5-10-18(13(2)11-12)25-15(4)19(22)20-14(3)16-6-8-17(9-7-16)21(23)24/h5-11,14H,4H2,1-3H3,(H,20,22). The van der Waals surface area contributed by atoms with Crippen molar-refractivity contribution in [1.29, 1.82) is 0 Å². The molecule has 6 heteroatoms. The van der Waals surface area contributed by atoms with Crippen LogP contribution in [0.4, 0.5) is 5.69 Å². The van der Waals surface area contributed by atoms with E-state index in [-0.39, 0.29) is 17.5 Å². The lowest BCUT2D eigenvalue weighted by Gasteiger charge is -2.16. The summed E-state index contributed by atoms with van der Waals surface area (Å²) in [5, 5.41) is 13.4. The molecular weight excluding hydrogens is 320 g/mol. The summed E-state index contributed by atoms with van der Waals surface area (Å²) in [5.41, 5.74) is 2.77. The smallest absolute Gasteiger partial charge is 0.286 e. The molecule has 0 aliphatic rings. The number of carbonyl (C=O) groups is 1. The van der Waals surface area contributed by atoms with Crippen molar-refractivity contribution in [3.05, 3.63) is 81.6 Å². The number of hydrogen-bond acceptors (Lipinski definition) is 4. The number of aryl methyl sites for hydroxylation is 2. The Morgan fingerprint density at radius 3 is 2.40 bits per heavy atom.